The van der Waals surface area contributed by atoms with Gasteiger partial charge >= 0.3 is 5.97 Å². The molecule has 4 aromatic carbocycles. The lowest BCUT2D eigenvalue weighted by Gasteiger charge is -2.31. The predicted molar refractivity (Wildman–Crippen MR) is 160 cm³/mol. The van der Waals surface area contributed by atoms with Crippen LogP contribution in [-0.2, 0) is 20.7 Å². The van der Waals surface area contributed by atoms with Crippen molar-refractivity contribution in [1.82, 2.24) is 10.2 Å². The highest BCUT2D eigenvalue weighted by Gasteiger charge is 2.58. The van der Waals surface area contributed by atoms with Crippen molar-refractivity contribution in [2.75, 3.05) is 20.8 Å². The van der Waals surface area contributed by atoms with Crippen LogP contribution in [0.4, 0.5) is 0 Å². The maximum atomic E-state index is 14.5. The van der Waals surface area contributed by atoms with Crippen LogP contribution in [0, 0.1) is 5.92 Å². The number of nitrogens with one attached hydrogen (secondary N) is 1. The minimum absolute atomic E-state index is 0.330. The van der Waals surface area contributed by atoms with E-state index in [2.05, 4.69) is 5.32 Å². The molecule has 0 aromatic heterocycles. The summed E-state index contributed by atoms with van der Waals surface area (Å²) >= 11 is 0. The average Bonchev–Trinajstić information content (AvgIpc) is 3.41. The first kappa shape index (κ1) is 28.6. The molecule has 0 bridgehead atoms. The fraction of sp³-hybridized carbons (Fsp3) is 0.229. The molecule has 7 nitrogen and oxygen atoms in total. The van der Waals surface area contributed by atoms with Crippen LogP contribution in [0.15, 0.2) is 115 Å². The molecule has 2 amide bonds. The third-order valence-electron chi connectivity index (χ3n) is 7.84. The number of amides is 2. The van der Waals surface area contributed by atoms with Crippen molar-refractivity contribution < 1.29 is 23.9 Å². The highest BCUT2D eigenvalue weighted by atomic mass is 16.5. The van der Waals surface area contributed by atoms with E-state index in [0.717, 1.165) is 16.7 Å². The van der Waals surface area contributed by atoms with E-state index in [1.807, 2.05) is 91.0 Å². The van der Waals surface area contributed by atoms with E-state index in [9.17, 15) is 14.4 Å². The molecule has 1 aliphatic heterocycles. The summed E-state index contributed by atoms with van der Waals surface area (Å²) in [7, 11) is 2.88. The fourth-order valence-corrected chi connectivity index (χ4v) is 5.93. The van der Waals surface area contributed by atoms with Gasteiger partial charge in [-0.25, -0.2) is 0 Å². The minimum Gasteiger partial charge on any atom is -0.497 e. The van der Waals surface area contributed by atoms with E-state index < -0.39 is 29.9 Å². The van der Waals surface area contributed by atoms with Crippen molar-refractivity contribution in [2.24, 2.45) is 5.92 Å². The summed E-state index contributed by atoms with van der Waals surface area (Å²) in [5.74, 6) is -2.17. The Morgan fingerprint density at radius 3 is 2.00 bits per heavy atom. The van der Waals surface area contributed by atoms with Gasteiger partial charge in [-0.2, -0.15) is 0 Å². The number of likely N-dealkylation sites (tertiary alicyclic amines) is 1. The fourth-order valence-electron chi connectivity index (χ4n) is 5.93. The predicted octanol–water partition coefficient (Wildman–Crippen LogP) is 5.19. The average molecular weight is 563 g/mol. The zero-order valence-electron chi connectivity index (χ0n) is 23.7. The molecule has 214 valence electrons. The molecule has 4 unspecified atom stereocenters. The van der Waals surface area contributed by atoms with Crippen LogP contribution in [0.25, 0.3) is 0 Å². The van der Waals surface area contributed by atoms with Crippen LogP contribution in [0.1, 0.15) is 39.0 Å². The molecule has 0 radical (unpaired) electrons. The van der Waals surface area contributed by atoms with E-state index in [1.54, 1.807) is 29.2 Å². The Morgan fingerprint density at radius 1 is 0.762 bits per heavy atom. The molecule has 4 aromatic rings. The highest BCUT2D eigenvalue weighted by Crippen LogP contribution is 2.51. The number of esters is 1. The first-order chi connectivity index (χ1) is 20.5. The maximum absolute atomic E-state index is 14.5. The van der Waals surface area contributed by atoms with Crippen molar-refractivity contribution in [2.45, 2.75) is 24.4 Å². The van der Waals surface area contributed by atoms with E-state index >= 15 is 0 Å². The lowest BCUT2D eigenvalue weighted by molar-refractivity contribution is -0.146. The third kappa shape index (κ3) is 5.91. The summed E-state index contributed by atoms with van der Waals surface area (Å²) in [6.07, 6.45) is 0.627. The summed E-state index contributed by atoms with van der Waals surface area (Å²) in [6, 6.07) is 33.8. The lowest BCUT2D eigenvalue weighted by atomic mass is 9.80. The van der Waals surface area contributed by atoms with Gasteiger partial charge in [0.2, 0.25) is 5.91 Å². The third-order valence-corrected chi connectivity index (χ3v) is 7.84. The van der Waals surface area contributed by atoms with Crippen LogP contribution in [-0.4, -0.2) is 49.5 Å². The quantitative estimate of drug-likeness (QED) is 0.284. The van der Waals surface area contributed by atoms with Gasteiger partial charge in [0.25, 0.3) is 5.91 Å². The second-order valence-electron chi connectivity index (χ2n) is 10.3. The molecule has 1 N–H and O–H groups in total. The van der Waals surface area contributed by atoms with Gasteiger partial charge in [-0.05, 0) is 41.3 Å². The summed E-state index contributed by atoms with van der Waals surface area (Å²) < 4.78 is 10.7. The van der Waals surface area contributed by atoms with E-state index in [4.69, 9.17) is 9.47 Å². The molecule has 4 atom stereocenters. The number of hydrogen-bond acceptors (Lipinski definition) is 5. The smallest absolute Gasteiger partial charge is 0.311 e. The number of carbonyl (C=O) groups excluding carboxylic acids is 3. The number of carbonyl (C=O) groups is 3. The van der Waals surface area contributed by atoms with Gasteiger partial charge < -0.3 is 19.7 Å². The van der Waals surface area contributed by atoms with E-state index in [1.165, 1.54) is 14.2 Å². The number of rotatable bonds is 9. The number of hydrogen-bond donors (Lipinski definition) is 1. The molecule has 7 heteroatoms. The molecule has 0 aliphatic carbocycles. The van der Waals surface area contributed by atoms with Crippen molar-refractivity contribution in [1.29, 1.82) is 0 Å². The molecule has 1 saturated heterocycles. The summed E-state index contributed by atoms with van der Waals surface area (Å²) in [6.45, 7) is 0.376. The standard InChI is InChI=1S/C35H34N2O5/c1-41-28-20-12-19-27(23-28)34(39)37-31(26-17-10-5-11-18-26)30(35(40)42-2)29(25-15-8-4-9-16-25)32(37)33(38)36-22-21-24-13-6-3-7-14-24/h3-20,23,29-32H,21-22H2,1-2H3,(H,36,38). The second-order valence-corrected chi connectivity index (χ2v) is 10.3. The largest absolute Gasteiger partial charge is 0.497 e. The van der Waals surface area contributed by atoms with Crippen molar-refractivity contribution in [3.05, 3.63) is 138 Å². The zero-order valence-corrected chi connectivity index (χ0v) is 23.7. The Morgan fingerprint density at radius 2 is 1.38 bits per heavy atom. The second kappa shape index (κ2) is 13.2. The molecule has 42 heavy (non-hydrogen) atoms. The van der Waals surface area contributed by atoms with Crippen LogP contribution < -0.4 is 10.1 Å². The Labute approximate surface area is 246 Å². The zero-order chi connectivity index (χ0) is 29.5. The molecule has 1 aliphatic rings. The number of methoxy groups -OCH3 is 2. The van der Waals surface area contributed by atoms with E-state index in [0.29, 0.717) is 24.3 Å². The Bertz CT molecular complexity index is 1510. The SMILES string of the molecule is COC(=O)C1C(c2ccccc2)C(C(=O)NCCc2ccccc2)N(C(=O)c2cccc(OC)c2)C1c1ccccc1. The normalized spacial score (nSPS) is 19.6. The van der Waals surface area contributed by atoms with Gasteiger partial charge in [0.1, 0.15) is 11.8 Å². The number of benzene rings is 4. The van der Waals surface area contributed by atoms with Crippen LogP contribution in [0.5, 0.6) is 5.75 Å². The van der Waals surface area contributed by atoms with Crippen molar-refractivity contribution >= 4 is 17.8 Å². The molecule has 1 heterocycles. The number of nitrogens with zero attached hydrogens (tertiary/aromatic N) is 1. The topological polar surface area (TPSA) is 84.9 Å². The molecular formula is C35H34N2O5. The van der Waals surface area contributed by atoms with Crippen LogP contribution in [0.3, 0.4) is 0 Å². The first-order valence-electron chi connectivity index (χ1n) is 14.0. The maximum Gasteiger partial charge on any atom is 0.311 e. The molecule has 0 spiro atoms. The summed E-state index contributed by atoms with van der Waals surface area (Å²) in [5, 5.41) is 3.07. The highest BCUT2D eigenvalue weighted by molar-refractivity contribution is 6.00. The Balaban J connectivity index is 1.63. The van der Waals surface area contributed by atoms with Gasteiger partial charge in [-0.15, -0.1) is 0 Å². The van der Waals surface area contributed by atoms with Crippen LogP contribution >= 0.6 is 0 Å². The number of ether oxygens (including phenoxy) is 2. The monoisotopic (exact) mass is 562 g/mol. The van der Waals surface area contributed by atoms with Gasteiger partial charge in [0.05, 0.1) is 26.2 Å². The first-order valence-corrected chi connectivity index (χ1v) is 14.0. The van der Waals surface area contributed by atoms with Crippen molar-refractivity contribution in [3.8, 4) is 5.75 Å². The molecule has 5 rings (SSSR count). The van der Waals surface area contributed by atoms with Gasteiger partial charge in [-0.3, -0.25) is 14.4 Å². The van der Waals surface area contributed by atoms with Gasteiger partial charge in [0, 0.05) is 18.0 Å². The molecular weight excluding hydrogens is 528 g/mol. The summed E-state index contributed by atoms with van der Waals surface area (Å²) in [5.41, 5.74) is 2.96. The van der Waals surface area contributed by atoms with Crippen molar-refractivity contribution in [3.63, 3.8) is 0 Å². The van der Waals surface area contributed by atoms with Gasteiger partial charge in [0.15, 0.2) is 0 Å². The summed E-state index contributed by atoms with van der Waals surface area (Å²) in [4.78, 5) is 43.9. The van der Waals surface area contributed by atoms with E-state index in [-0.39, 0.29) is 11.8 Å². The lowest BCUT2D eigenvalue weighted by Crippen LogP contribution is -2.49. The molecule has 0 saturated carbocycles. The minimum atomic E-state index is -0.990. The van der Waals surface area contributed by atoms with Gasteiger partial charge in [-0.1, -0.05) is 97.1 Å². The Kier molecular flexibility index (Phi) is 8.97. The molecule has 1 fully saturated rings. The van der Waals surface area contributed by atoms with Crippen LogP contribution in [0.2, 0.25) is 0 Å². The Hall–Kier alpha value is -4.91.